The molecule has 0 aliphatic carbocycles. The Balaban J connectivity index is 1.47. The fourth-order valence-electron chi connectivity index (χ4n) is 4.48. The predicted octanol–water partition coefficient (Wildman–Crippen LogP) is 3.02. The van der Waals surface area contributed by atoms with Crippen LogP contribution in [-0.2, 0) is 17.8 Å². The minimum absolute atomic E-state index is 0.0627. The molecular formula is C23H23FN6O2. The van der Waals surface area contributed by atoms with Gasteiger partial charge in [-0.25, -0.2) is 14.4 Å². The second-order valence-corrected chi connectivity index (χ2v) is 8.32. The lowest BCUT2D eigenvalue weighted by atomic mass is 10.1. The van der Waals surface area contributed by atoms with Gasteiger partial charge in [0.1, 0.15) is 11.6 Å². The van der Waals surface area contributed by atoms with Crippen molar-refractivity contribution in [2.75, 3.05) is 11.4 Å². The Bertz CT molecular complexity index is 1210. The van der Waals surface area contributed by atoms with Crippen LogP contribution in [-0.4, -0.2) is 43.4 Å². The first-order valence-corrected chi connectivity index (χ1v) is 10.7. The second-order valence-electron chi connectivity index (χ2n) is 8.32. The number of nitrogens with one attached hydrogen (secondary N) is 1. The van der Waals surface area contributed by atoms with Gasteiger partial charge in [0.15, 0.2) is 5.82 Å². The monoisotopic (exact) mass is 434 g/mol. The Hall–Kier alpha value is -3.62. The number of H-pyrrole nitrogens is 1. The molecule has 1 saturated heterocycles. The van der Waals surface area contributed by atoms with E-state index < -0.39 is 0 Å². The molecule has 1 aromatic carbocycles. The fourth-order valence-corrected chi connectivity index (χ4v) is 4.48. The van der Waals surface area contributed by atoms with Crippen LogP contribution < -0.4 is 4.90 Å². The van der Waals surface area contributed by atoms with Gasteiger partial charge in [0.2, 0.25) is 5.91 Å². The van der Waals surface area contributed by atoms with Crippen LogP contribution in [0.4, 0.5) is 10.2 Å². The number of fused-ring (bicyclic) bond motifs is 1. The average molecular weight is 434 g/mol. The van der Waals surface area contributed by atoms with Crippen molar-refractivity contribution in [3.05, 3.63) is 70.2 Å². The number of nitrogens with zero attached hydrogens (tertiary/aromatic N) is 5. The van der Waals surface area contributed by atoms with Crippen molar-refractivity contribution in [1.29, 1.82) is 0 Å². The van der Waals surface area contributed by atoms with Crippen molar-refractivity contribution in [3.8, 4) is 0 Å². The van der Waals surface area contributed by atoms with Crippen molar-refractivity contribution in [2.24, 2.45) is 0 Å². The number of benzene rings is 1. The van der Waals surface area contributed by atoms with Gasteiger partial charge in [-0.1, -0.05) is 12.1 Å². The highest BCUT2D eigenvalue weighted by Crippen LogP contribution is 2.36. The number of carbonyl (C=O) groups is 2. The van der Waals surface area contributed by atoms with E-state index in [1.54, 1.807) is 28.1 Å². The van der Waals surface area contributed by atoms with E-state index in [2.05, 4.69) is 10.2 Å². The van der Waals surface area contributed by atoms with Gasteiger partial charge in [-0.15, -0.1) is 0 Å². The largest absolute Gasteiger partial charge is 0.328 e. The third-order valence-corrected chi connectivity index (χ3v) is 6.22. The van der Waals surface area contributed by atoms with E-state index in [0.29, 0.717) is 30.3 Å². The van der Waals surface area contributed by atoms with Gasteiger partial charge in [0.25, 0.3) is 5.91 Å². The first-order chi connectivity index (χ1) is 15.4. The summed E-state index contributed by atoms with van der Waals surface area (Å²) in [7, 11) is 0. The van der Waals surface area contributed by atoms with Crippen molar-refractivity contribution in [3.63, 3.8) is 0 Å². The molecule has 4 heterocycles. The van der Waals surface area contributed by atoms with E-state index in [9.17, 15) is 14.0 Å². The highest BCUT2D eigenvalue weighted by atomic mass is 19.1. The molecular weight excluding hydrogens is 411 g/mol. The topological polar surface area (TPSA) is 95.1 Å². The van der Waals surface area contributed by atoms with Crippen molar-refractivity contribution in [1.82, 2.24) is 25.1 Å². The molecule has 0 radical (unpaired) electrons. The highest BCUT2D eigenvalue weighted by Gasteiger charge is 2.37. The van der Waals surface area contributed by atoms with Crippen LogP contribution in [0.5, 0.6) is 0 Å². The zero-order valence-electron chi connectivity index (χ0n) is 17.9. The second kappa shape index (κ2) is 7.81. The van der Waals surface area contributed by atoms with Crippen LogP contribution in [0.15, 0.2) is 30.5 Å². The summed E-state index contributed by atoms with van der Waals surface area (Å²) in [5.41, 5.74) is 3.64. The van der Waals surface area contributed by atoms with Gasteiger partial charge in [0.05, 0.1) is 30.8 Å². The number of hydrogen-bond acceptors (Lipinski definition) is 5. The van der Waals surface area contributed by atoms with Gasteiger partial charge < -0.3 is 4.90 Å². The smallest absolute Gasteiger partial charge is 0.257 e. The van der Waals surface area contributed by atoms with Gasteiger partial charge >= 0.3 is 0 Å². The van der Waals surface area contributed by atoms with Gasteiger partial charge in [0, 0.05) is 23.5 Å². The quantitative estimate of drug-likeness (QED) is 0.681. The number of aryl methyl sites for hydroxylation is 2. The average Bonchev–Trinajstić information content (AvgIpc) is 3.49. The molecule has 32 heavy (non-hydrogen) atoms. The highest BCUT2D eigenvalue weighted by molar-refractivity contribution is 6.00. The van der Waals surface area contributed by atoms with Crippen LogP contribution in [0.1, 0.15) is 57.6 Å². The summed E-state index contributed by atoms with van der Waals surface area (Å²) in [5.74, 6) is 0.654. The zero-order chi connectivity index (χ0) is 22.4. The van der Waals surface area contributed by atoms with Crippen LogP contribution in [0.2, 0.25) is 0 Å². The number of aromatic nitrogens is 4. The Labute approximate surface area is 184 Å². The summed E-state index contributed by atoms with van der Waals surface area (Å²) in [4.78, 5) is 38.8. The fraction of sp³-hybridized carbons (Fsp3) is 0.348. The number of aromatic amines is 1. The Morgan fingerprint density at radius 2 is 2.00 bits per heavy atom. The molecule has 8 nitrogen and oxygen atoms in total. The maximum Gasteiger partial charge on any atom is 0.257 e. The molecule has 5 rings (SSSR count). The van der Waals surface area contributed by atoms with Crippen molar-refractivity contribution >= 4 is 17.6 Å². The molecule has 0 saturated carbocycles. The summed E-state index contributed by atoms with van der Waals surface area (Å²) in [6.07, 6.45) is 3.40. The van der Waals surface area contributed by atoms with E-state index >= 15 is 0 Å². The third-order valence-electron chi connectivity index (χ3n) is 6.22. The molecule has 164 valence electrons. The molecule has 0 bridgehead atoms. The van der Waals surface area contributed by atoms with Crippen molar-refractivity contribution in [2.45, 2.75) is 45.7 Å². The molecule has 3 aromatic rings. The number of rotatable bonds is 4. The predicted molar refractivity (Wildman–Crippen MR) is 114 cm³/mol. The van der Waals surface area contributed by atoms with Gasteiger partial charge in [-0.05, 0) is 44.4 Å². The molecule has 2 amide bonds. The molecule has 2 aromatic heterocycles. The van der Waals surface area contributed by atoms with E-state index in [4.69, 9.17) is 9.97 Å². The van der Waals surface area contributed by atoms with E-state index in [-0.39, 0.29) is 30.1 Å². The lowest BCUT2D eigenvalue weighted by Crippen LogP contribution is -2.32. The lowest BCUT2D eigenvalue weighted by Gasteiger charge is -2.25. The van der Waals surface area contributed by atoms with E-state index in [1.807, 2.05) is 13.8 Å². The standard InChI is InChI=1S/C23H23FN6O2/c1-13-17-10-20(31)30(12-15-5-7-16(24)8-6-15)22(17)27-21(26-13)19-4-3-9-29(19)23(32)18-11-25-28-14(18)2/h5-8,11,19H,3-4,9-10,12H2,1-2H3,(H,25,28)/t19-/m1/s1. The third kappa shape index (κ3) is 3.43. The molecule has 1 atom stereocenters. The van der Waals surface area contributed by atoms with Crippen LogP contribution in [0, 0.1) is 19.7 Å². The summed E-state index contributed by atoms with van der Waals surface area (Å²) < 4.78 is 13.3. The molecule has 0 spiro atoms. The Morgan fingerprint density at radius 3 is 2.72 bits per heavy atom. The normalized spacial score (nSPS) is 17.8. The molecule has 2 aliphatic rings. The maximum atomic E-state index is 13.3. The minimum atomic E-state index is -0.318. The molecule has 9 heteroatoms. The van der Waals surface area contributed by atoms with Crippen LogP contribution >= 0.6 is 0 Å². The van der Waals surface area contributed by atoms with Gasteiger partial charge in [-0.2, -0.15) is 5.10 Å². The van der Waals surface area contributed by atoms with Crippen LogP contribution in [0.25, 0.3) is 0 Å². The Kier molecular flexibility index (Phi) is 4.96. The van der Waals surface area contributed by atoms with Crippen LogP contribution in [0.3, 0.4) is 0 Å². The molecule has 2 aliphatic heterocycles. The number of carbonyl (C=O) groups excluding carboxylic acids is 2. The maximum absolute atomic E-state index is 13.3. The van der Waals surface area contributed by atoms with E-state index in [1.165, 1.54) is 12.1 Å². The molecule has 0 unspecified atom stereocenters. The molecule has 1 N–H and O–H groups in total. The zero-order valence-corrected chi connectivity index (χ0v) is 17.9. The first kappa shape index (κ1) is 20.3. The number of anilines is 1. The first-order valence-electron chi connectivity index (χ1n) is 10.7. The molecule has 1 fully saturated rings. The number of amides is 2. The number of likely N-dealkylation sites (tertiary alicyclic amines) is 1. The summed E-state index contributed by atoms with van der Waals surface area (Å²) in [6, 6.07) is 5.84. The number of halogens is 1. The minimum Gasteiger partial charge on any atom is -0.328 e. The summed E-state index contributed by atoms with van der Waals surface area (Å²) in [6.45, 7) is 4.62. The van der Waals surface area contributed by atoms with E-state index in [0.717, 1.165) is 35.4 Å². The lowest BCUT2D eigenvalue weighted by molar-refractivity contribution is -0.117. The summed E-state index contributed by atoms with van der Waals surface area (Å²) in [5, 5.41) is 6.78. The SMILES string of the molecule is Cc1nc([C@H]2CCCN2C(=O)c2cn[nH]c2C)nc2c1CC(=O)N2Cc1ccc(F)cc1. The van der Waals surface area contributed by atoms with Gasteiger partial charge in [-0.3, -0.25) is 19.6 Å². The summed E-state index contributed by atoms with van der Waals surface area (Å²) >= 11 is 0. The van der Waals surface area contributed by atoms with Crippen molar-refractivity contribution < 1.29 is 14.0 Å². The Morgan fingerprint density at radius 1 is 1.22 bits per heavy atom. The number of hydrogen-bond donors (Lipinski definition) is 1.